The number of nitrogens with zero attached hydrogens (tertiary/aromatic N) is 1. The predicted molar refractivity (Wildman–Crippen MR) is 74.8 cm³/mol. The Kier molecular flexibility index (Phi) is 2.87. The lowest BCUT2D eigenvalue weighted by molar-refractivity contribution is 0.0601. The first-order chi connectivity index (χ1) is 9.69. The maximum atomic E-state index is 11.9. The number of fused-ring (bicyclic) bond motifs is 1. The summed E-state index contributed by atoms with van der Waals surface area (Å²) in [5.74, 6) is -0.383. The van der Waals surface area contributed by atoms with Gasteiger partial charge in [0, 0.05) is 12.4 Å². The molecule has 0 radical (unpaired) electrons. The quantitative estimate of drug-likeness (QED) is 0.724. The molecule has 0 fully saturated rings. The number of aromatic amines is 1. The highest BCUT2D eigenvalue weighted by molar-refractivity contribution is 5.89. The van der Waals surface area contributed by atoms with Crippen molar-refractivity contribution in [1.29, 1.82) is 0 Å². The monoisotopic (exact) mass is 268 g/mol. The van der Waals surface area contributed by atoms with Crippen LogP contribution in [0.2, 0.25) is 0 Å². The van der Waals surface area contributed by atoms with Gasteiger partial charge in [0.1, 0.15) is 5.52 Å². The van der Waals surface area contributed by atoms with E-state index in [2.05, 4.69) is 9.72 Å². The summed E-state index contributed by atoms with van der Waals surface area (Å²) in [6.07, 6.45) is 3.65. The van der Waals surface area contributed by atoms with Crippen molar-refractivity contribution >= 4 is 11.5 Å². The highest BCUT2D eigenvalue weighted by Gasteiger charge is 2.07. The van der Waals surface area contributed by atoms with Crippen LogP contribution in [-0.2, 0) is 4.74 Å². The second kappa shape index (κ2) is 4.70. The molecule has 100 valence electrons. The van der Waals surface area contributed by atoms with Crippen LogP contribution in [0.15, 0.2) is 53.6 Å². The molecule has 2 heterocycles. The van der Waals surface area contributed by atoms with Gasteiger partial charge < -0.3 is 14.1 Å². The predicted octanol–water partition coefficient (Wildman–Crippen LogP) is 2.08. The van der Waals surface area contributed by atoms with E-state index in [4.69, 9.17) is 0 Å². The molecule has 0 aliphatic carbocycles. The first-order valence-corrected chi connectivity index (χ1v) is 6.08. The number of nitrogens with one attached hydrogen (secondary N) is 1. The van der Waals surface area contributed by atoms with Gasteiger partial charge in [-0.25, -0.2) is 4.79 Å². The first-order valence-electron chi connectivity index (χ1n) is 6.08. The molecule has 0 spiro atoms. The van der Waals surface area contributed by atoms with Crippen LogP contribution >= 0.6 is 0 Å². The molecule has 0 bridgehead atoms. The number of H-pyrrole nitrogens is 1. The highest BCUT2D eigenvalue weighted by atomic mass is 16.5. The minimum Gasteiger partial charge on any atom is -0.465 e. The lowest BCUT2D eigenvalue weighted by Crippen LogP contribution is -2.10. The van der Waals surface area contributed by atoms with Crippen LogP contribution in [0.4, 0.5) is 0 Å². The minimum absolute atomic E-state index is 0.149. The summed E-state index contributed by atoms with van der Waals surface area (Å²) >= 11 is 0. The van der Waals surface area contributed by atoms with Crippen LogP contribution in [0, 0.1) is 0 Å². The molecule has 0 unspecified atom stereocenters. The Morgan fingerprint density at radius 3 is 2.65 bits per heavy atom. The molecule has 0 saturated heterocycles. The molecule has 1 N–H and O–H groups in total. The second-order valence-electron chi connectivity index (χ2n) is 4.37. The Hall–Kier alpha value is -2.82. The lowest BCUT2D eigenvalue weighted by atomic mass is 10.1. The third-order valence-electron chi connectivity index (χ3n) is 3.14. The first kappa shape index (κ1) is 12.2. The van der Waals surface area contributed by atoms with Gasteiger partial charge in [-0.2, -0.15) is 0 Å². The zero-order valence-corrected chi connectivity index (χ0v) is 10.8. The number of hydrogen-bond donors (Lipinski definition) is 1. The molecule has 0 aliphatic heterocycles. The van der Waals surface area contributed by atoms with Gasteiger partial charge in [-0.15, -0.1) is 0 Å². The summed E-state index contributed by atoms with van der Waals surface area (Å²) in [5.41, 5.74) is 2.44. The van der Waals surface area contributed by atoms with E-state index in [0.29, 0.717) is 16.8 Å². The van der Waals surface area contributed by atoms with Crippen LogP contribution in [0.5, 0.6) is 0 Å². The van der Waals surface area contributed by atoms with Gasteiger partial charge in [0.05, 0.1) is 18.4 Å². The molecule has 3 rings (SSSR count). The fourth-order valence-corrected chi connectivity index (χ4v) is 2.11. The Bertz CT molecular complexity index is 828. The van der Waals surface area contributed by atoms with Crippen LogP contribution in [0.3, 0.4) is 0 Å². The Morgan fingerprint density at radius 1 is 1.20 bits per heavy atom. The minimum atomic E-state index is -0.383. The van der Waals surface area contributed by atoms with E-state index in [1.54, 1.807) is 34.7 Å². The van der Waals surface area contributed by atoms with Crippen molar-refractivity contribution in [1.82, 2.24) is 9.38 Å². The fraction of sp³-hybridized carbons (Fsp3) is 0.0667. The van der Waals surface area contributed by atoms with E-state index >= 15 is 0 Å². The highest BCUT2D eigenvalue weighted by Crippen LogP contribution is 2.17. The summed E-state index contributed by atoms with van der Waals surface area (Å²) in [4.78, 5) is 26.1. The molecule has 5 nitrogen and oxygen atoms in total. The van der Waals surface area contributed by atoms with Crippen molar-refractivity contribution in [3.05, 3.63) is 64.7 Å². The number of carbonyl (C=O) groups is 1. The second-order valence-corrected chi connectivity index (χ2v) is 4.37. The van der Waals surface area contributed by atoms with Crippen molar-refractivity contribution < 1.29 is 9.53 Å². The van der Waals surface area contributed by atoms with Gasteiger partial charge in [-0.1, -0.05) is 12.1 Å². The van der Waals surface area contributed by atoms with Crippen molar-refractivity contribution in [2.45, 2.75) is 0 Å². The number of hydrogen-bond acceptors (Lipinski definition) is 3. The molecule has 0 saturated carbocycles. The van der Waals surface area contributed by atoms with Crippen molar-refractivity contribution in [2.75, 3.05) is 7.11 Å². The van der Waals surface area contributed by atoms with E-state index in [0.717, 1.165) is 5.56 Å². The Balaban J connectivity index is 2.06. The van der Waals surface area contributed by atoms with Crippen molar-refractivity contribution in [2.24, 2.45) is 0 Å². The summed E-state index contributed by atoms with van der Waals surface area (Å²) in [6.45, 7) is 0. The normalized spacial score (nSPS) is 10.7. The zero-order chi connectivity index (χ0) is 14.1. The third kappa shape index (κ3) is 1.99. The summed E-state index contributed by atoms with van der Waals surface area (Å²) in [7, 11) is 1.34. The molecule has 2 aromatic heterocycles. The smallest absolute Gasteiger partial charge is 0.337 e. The molecular weight excluding hydrogens is 256 g/mol. The van der Waals surface area contributed by atoms with Gasteiger partial charge in [-0.3, -0.25) is 4.79 Å². The number of aromatic nitrogens is 2. The van der Waals surface area contributed by atoms with Gasteiger partial charge in [0.25, 0.3) is 5.56 Å². The van der Waals surface area contributed by atoms with E-state index in [1.165, 1.54) is 7.11 Å². The molecular formula is C15H12N2O3. The number of esters is 1. The summed E-state index contributed by atoms with van der Waals surface area (Å²) in [5, 5.41) is 0. The molecule has 5 heteroatoms. The van der Waals surface area contributed by atoms with Gasteiger partial charge in [-0.05, 0) is 29.8 Å². The SMILES string of the molecule is COC(=O)c1ccc(-c2cn3cccc3c(=O)[nH]2)cc1. The maximum Gasteiger partial charge on any atom is 0.337 e. The molecule has 1 aromatic carbocycles. The number of methoxy groups -OCH3 is 1. The molecule has 0 amide bonds. The molecule has 0 atom stereocenters. The molecule has 0 aliphatic rings. The van der Waals surface area contributed by atoms with E-state index in [-0.39, 0.29) is 11.5 Å². The number of ether oxygens (including phenoxy) is 1. The third-order valence-corrected chi connectivity index (χ3v) is 3.14. The van der Waals surface area contributed by atoms with Crippen LogP contribution < -0.4 is 5.56 Å². The number of carbonyl (C=O) groups excluding carboxylic acids is 1. The molecule has 20 heavy (non-hydrogen) atoms. The maximum absolute atomic E-state index is 11.9. The Morgan fingerprint density at radius 2 is 1.95 bits per heavy atom. The van der Waals surface area contributed by atoms with E-state index < -0.39 is 0 Å². The lowest BCUT2D eigenvalue weighted by Gasteiger charge is -2.04. The van der Waals surface area contributed by atoms with Crippen LogP contribution in [0.25, 0.3) is 16.8 Å². The topological polar surface area (TPSA) is 63.6 Å². The van der Waals surface area contributed by atoms with Crippen LogP contribution in [0.1, 0.15) is 10.4 Å². The summed E-state index contributed by atoms with van der Waals surface area (Å²) < 4.78 is 6.41. The van der Waals surface area contributed by atoms with E-state index in [9.17, 15) is 9.59 Å². The number of benzene rings is 1. The Labute approximate surface area is 114 Å². The number of rotatable bonds is 2. The van der Waals surface area contributed by atoms with E-state index in [1.807, 2.05) is 18.5 Å². The zero-order valence-electron chi connectivity index (χ0n) is 10.8. The summed E-state index contributed by atoms with van der Waals surface area (Å²) in [6, 6.07) is 10.4. The van der Waals surface area contributed by atoms with Gasteiger partial charge >= 0.3 is 5.97 Å². The fourth-order valence-electron chi connectivity index (χ4n) is 2.11. The largest absolute Gasteiger partial charge is 0.465 e. The van der Waals surface area contributed by atoms with Gasteiger partial charge in [0.15, 0.2) is 0 Å². The average Bonchev–Trinajstić information content (AvgIpc) is 2.95. The standard InChI is InChI=1S/C15H12N2O3/c1-20-15(19)11-6-4-10(5-7-11)12-9-17-8-2-3-13(17)14(18)16-12/h2-9H,1H3,(H,16,18). The van der Waals surface area contributed by atoms with Crippen LogP contribution in [-0.4, -0.2) is 22.5 Å². The van der Waals surface area contributed by atoms with Gasteiger partial charge in [0.2, 0.25) is 0 Å². The molecule has 3 aromatic rings. The van der Waals surface area contributed by atoms with Crippen molar-refractivity contribution in [3.63, 3.8) is 0 Å². The average molecular weight is 268 g/mol. The van der Waals surface area contributed by atoms with Crippen molar-refractivity contribution in [3.8, 4) is 11.3 Å².